The molecule has 1 aliphatic heterocycles. The zero-order valence-corrected chi connectivity index (χ0v) is 11.1. The van der Waals surface area contributed by atoms with Gasteiger partial charge in [0.2, 0.25) is 5.91 Å². The van der Waals surface area contributed by atoms with Gasteiger partial charge in [-0.15, -0.1) is 0 Å². The number of hydrogen-bond acceptors (Lipinski definition) is 2. The molecule has 1 aliphatic rings. The molecule has 0 spiro atoms. The van der Waals surface area contributed by atoms with Gasteiger partial charge in [0.15, 0.2) is 0 Å². The normalized spacial score (nSPS) is 16.5. The van der Waals surface area contributed by atoms with Crippen molar-refractivity contribution in [1.29, 1.82) is 0 Å². The van der Waals surface area contributed by atoms with Crippen LogP contribution in [0.2, 0.25) is 0 Å². The summed E-state index contributed by atoms with van der Waals surface area (Å²) in [5, 5.41) is 2.86. The van der Waals surface area contributed by atoms with E-state index < -0.39 is 11.6 Å². The predicted octanol–water partition coefficient (Wildman–Crippen LogP) is 1.92. The quantitative estimate of drug-likeness (QED) is 0.905. The number of halogens is 2. The lowest BCUT2D eigenvalue weighted by molar-refractivity contribution is -0.131. The van der Waals surface area contributed by atoms with E-state index in [1.54, 1.807) is 0 Å². The first-order chi connectivity index (χ1) is 8.95. The van der Waals surface area contributed by atoms with E-state index in [2.05, 4.69) is 5.32 Å². The molecule has 19 heavy (non-hydrogen) atoms. The van der Waals surface area contributed by atoms with E-state index in [-0.39, 0.29) is 17.9 Å². The zero-order valence-electron chi connectivity index (χ0n) is 11.1. The van der Waals surface area contributed by atoms with Crippen molar-refractivity contribution >= 4 is 5.91 Å². The summed E-state index contributed by atoms with van der Waals surface area (Å²) in [7, 11) is 0. The van der Waals surface area contributed by atoms with E-state index in [0.717, 1.165) is 6.07 Å². The van der Waals surface area contributed by atoms with Gasteiger partial charge in [-0.3, -0.25) is 9.69 Å². The maximum atomic E-state index is 13.5. The van der Waals surface area contributed by atoms with E-state index in [0.29, 0.717) is 25.2 Å². The van der Waals surface area contributed by atoms with Crippen molar-refractivity contribution < 1.29 is 13.6 Å². The number of nitrogens with zero attached hydrogens (tertiary/aromatic N) is 1. The van der Waals surface area contributed by atoms with Gasteiger partial charge in [-0.1, -0.05) is 6.07 Å². The summed E-state index contributed by atoms with van der Waals surface area (Å²) >= 11 is 0. The molecule has 1 aromatic carbocycles. The van der Waals surface area contributed by atoms with Crippen molar-refractivity contribution in [2.45, 2.75) is 26.4 Å². The second-order valence-electron chi connectivity index (χ2n) is 5.29. The first kappa shape index (κ1) is 13.9. The van der Waals surface area contributed by atoms with Gasteiger partial charge in [0, 0.05) is 37.3 Å². The maximum Gasteiger partial charge on any atom is 0.225 e. The molecule has 2 rings (SSSR count). The number of benzene rings is 1. The molecule has 1 aromatic rings. The molecule has 0 radical (unpaired) electrons. The second kappa shape index (κ2) is 5.65. The largest absolute Gasteiger partial charge is 0.354 e. The van der Waals surface area contributed by atoms with Crippen LogP contribution in [0.4, 0.5) is 8.78 Å². The Hall–Kier alpha value is -1.49. The van der Waals surface area contributed by atoms with Crippen molar-refractivity contribution in [3.05, 3.63) is 35.4 Å². The number of carbonyl (C=O) groups excluding carboxylic acids is 1. The molecule has 1 fully saturated rings. The number of hydrogen-bond donors (Lipinski definition) is 1. The Morgan fingerprint density at radius 3 is 2.68 bits per heavy atom. The van der Waals surface area contributed by atoms with Gasteiger partial charge < -0.3 is 5.32 Å². The molecule has 1 saturated heterocycles. The van der Waals surface area contributed by atoms with Gasteiger partial charge in [0.05, 0.1) is 5.92 Å². The summed E-state index contributed by atoms with van der Waals surface area (Å²) in [5.41, 5.74) is 0.462. The van der Waals surface area contributed by atoms with Crippen LogP contribution in [0.1, 0.15) is 19.4 Å². The molecule has 0 unspecified atom stereocenters. The Kier molecular flexibility index (Phi) is 4.14. The molecule has 1 amide bonds. The SMILES string of the molecule is CC(C)NC(=O)C1CN(Cc2ccc(F)cc2F)C1. The van der Waals surface area contributed by atoms with Crippen molar-refractivity contribution in [1.82, 2.24) is 10.2 Å². The Morgan fingerprint density at radius 2 is 2.11 bits per heavy atom. The molecule has 0 aromatic heterocycles. The number of amides is 1. The van der Waals surface area contributed by atoms with Crippen LogP contribution in [0, 0.1) is 17.6 Å². The average Bonchev–Trinajstić information content (AvgIpc) is 2.23. The lowest BCUT2D eigenvalue weighted by atomic mass is 9.98. The summed E-state index contributed by atoms with van der Waals surface area (Å²) in [6, 6.07) is 3.72. The standard InChI is InChI=1S/C14H18F2N2O/c1-9(2)17-14(19)11-7-18(8-11)6-10-3-4-12(15)5-13(10)16/h3-5,9,11H,6-8H2,1-2H3,(H,17,19). The molecule has 1 N–H and O–H groups in total. The Balaban J connectivity index is 1.83. The van der Waals surface area contributed by atoms with Gasteiger partial charge in [-0.2, -0.15) is 0 Å². The highest BCUT2D eigenvalue weighted by molar-refractivity contribution is 5.80. The Morgan fingerprint density at radius 1 is 1.42 bits per heavy atom. The van der Waals surface area contributed by atoms with Crippen molar-refractivity contribution in [2.75, 3.05) is 13.1 Å². The number of rotatable bonds is 4. The molecule has 0 aliphatic carbocycles. The highest BCUT2D eigenvalue weighted by Crippen LogP contribution is 2.20. The Labute approximate surface area is 111 Å². The third-order valence-corrected chi connectivity index (χ3v) is 3.17. The molecule has 1 heterocycles. The topological polar surface area (TPSA) is 32.3 Å². The molecular weight excluding hydrogens is 250 g/mol. The van der Waals surface area contributed by atoms with Gasteiger partial charge >= 0.3 is 0 Å². The van der Waals surface area contributed by atoms with E-state index in [1.165, 1.54) is 12.1 Å². The van der Waals surface area contributed by atoms with Gasteiger partial charge in [0.25, 0.3) is 0 Å². The molecule has 0 saturated carbocycles. The first-order valence-corrected chi connectivity index (χ1v) is 6.42. The van der Waals surface area contributed by atoms with Gasteiger partial charge in [-0.25, -0.2) is 8.78 Å². The van der Waals surface area contributed by atoms with E-state index in [4.69, 9.17) is 0 Å². The summed E-state index contributed by atoms with van der Waals surface area (Å²) < 4.78 is 26.2. The fourth-order valence-corrected chi connectivity index (χ4v) is 2.16. The zero-order chi connectivity index (χ0) is 14.0. The Bertz CT molecular complexity index is 471. The molecule has 5 heteroatoms. The van der Waals surface area contributed by atoms with Crippen LogP contribution in [0.25, 0.3) is 0 Å². The molecule has 0 atom stereocenters. The minimum Gasteiger partial charge on any atom is -0.354 e. The number of nitrogens with one attached hydrogen (secondary N) is 1. The van der Waals surface area contributed by atoms with Crippen LogP contribution in [0.3, 0.4) is 0 Å². The fraction of sp³-hybridized carbons (Fsp3) is 0.500. The third kappa shape index (κ3) is 3.50. The summed E-state index contributed by atoms with van der Waals surface area (Å²) in [5.74, 6) is -1.08. The van der Waals surface area contributed by atoms with Crippen molar-refractivity contribution in [2.24, 2.45) is 5.92 Å². The van der Waals surface area contributed by atoms with Crippen LogP contribution >= 0.6 is 0 Å². The predicted molar refractivity (Wildman–Crippen MR) is 68.4 cm³/mol. The third-order valence-electron chi connectivity index (χ3n) is 3.17. The second-order valence-corrected chi connectivity index (χ2v) is 5.29. The lowest BCUT2D eigenvalue weighted by Gasteiger charge is -2.38. The van der Waals surface area contributed by atoms with E-state index in [1.807, 2.05) is 18.7 Å². The molecule has 3 nitrogen and oxygen atoms in total. The minimum absolute atomic E-state index is 0.0223. The van der Waals surface area contributed by atoms with Crippen LogP contribution in [-0.4, -0.2) is 29.9 Å². The number of carbonyl (C=O) groups is 1. The summed E-state index contributed by atoms with van der Waals surface area (Å²) in [6.07, 6.45) is 0. The molecule has 0 bridgehead atoms. The maximum absolute atomic E-state index is 13.5. The average molecular weight is 268 g/mol. The smallest absolute Gasteiger partial charge is 0.225 e. The van der Waals surface area contributed by atoms with Crippen LogP contribution in [0.5, 0.6) is 0 Å². The van der Waals surface area contributed by atoms with Crippen LogP contribution in [-0.2, 0) is 11.3 Å². The van der Waals surface area contributed by atoms with Crippen LogP contribution < -0.4 is 5.32 Å². The van der Waals surface area contributed by atoms with Gasteiger partial charge in [-0.05, 0) is 19.9 Å². The summed E-state index contributed by atoms with van der Waals surface area (Å²) in [4.78, 5) is 13.7. The minimum atomic E-state index is -0.570. The number of likely N-dealkylation sites (tertiary alicyclic amines) is 1. The van der Waals surface area contributed by atoms with E-state index in [9.17, 15) is 13.6 Å². The van der Waals surface area contributed by atoms with Crippen molar-refractivity contribution in [3.63, 3.8) is 0 Å². The summed E-state index contributed by atoms with van der Waals surface area (Å²) in [6.45, 7) is 5.49. The fourth-order valence-electron chi connectivity index (χ4n) is 2.16. The molecule has 104 valence electrons. The van der Waals surface area contributed by atoms with E-state index >= 15 is 0 Å². The van der Waals surface area contributed by atoms with Gasteiger partial charge in [0.1, 0.15) is 11.6 Å². The van der Waals surface area contributed by atoms with Crippen molar-refractivity contribution in [3.8, 4) is 0 Å². The monoisotopic (exact) mass is 268 g/mol. The first-order valence-electron chi connectivity index (χ1n) is 6.42. The highest BCUT2D eigenvalue weighted by Gasteiger charge is 2.32. The van der Waals surface area contributed by atoms with Crippen LogP contribution in [0.15, 0.2) is 18.2 Å². The molecular formula is C14H18F2N2O. The highest BCUT2D eigenvalue weighted by atomic mass is 19.1. The lowest BCUT2D eigenvalue weighted by Crippen LogP contribution is -2.54.